The first-order valence-electron chi connectivity index (χ1n) is 10.3. The van der Waals surface area contributed by atoms with Crippen LogP contribution in [0.1, 0.15) is 25.3 Å². The van der Waals surface area contributed by atoms with Crippen molar-refractivity contribution in [1.29, 1.82) is 5.26 Å². The van der Waals surface area contributed by atoms with Gasteiger partial charge in [0.15, 0.2) is 0 Å². The van der Waals surface area contributed by atoms with Gasteiger partial charge in [-0.2, -0.15) is 5.26 Å². The molecule has 0 aromatic carbocycles. The lowest BCUT2D eigenvalue weighted by molar-refractivity contribution is 0.0974. The topological polar surface area (TPSA) is 92.5 Å². The summed E-state index contributed by atoms with van der Waals surface area (Å²) in [7, 11) is 0. The zero-order chi connectivity index (χ0) is 21.8. The highest BCUT2D eigenvalue weighted by molar-refractivity contribution is 6.43. The number of pyridine rings is 2. The quantitative estimate of drug-likeness (QED) is 0.587. The second-order valence-electron chi connectivity index (χ2n) is 8.38. The average Bonchev–Trinajstić information content (AvgIpc) is 3.37. The summed E-state index contributed by atoms with van der Waals surface area (Å²) in [5.41, 5.74) is 8.95. The average molecular weight is 457 g/mol. The van der Waals surface area contributed by atoms with Gasteiger partial charge in [0.1, 0.15) is 22.7 Å². The van der Waals surface area contributed by atoms with Crippen LogP contribution in [0.15, 0.2) is 30.7 Å². The van der Waals surface area contributed by atoms with Crippen molar-refractivity contribution in [3.8, 4) is 17.2 Å². The Balaban J connectivity index is 1.56. The Kier molecular flexibility index (Phi) is 5.06. The Hall–Kier alpha value is -2.37. The second kappa shape index (κ2) is 7.64. The Morgan fingerprint density at radius 1 is 1.26 bits per heavy atom. The summed E-state index contributed by atoms with van der Waals surface area (Å²) in [6, 6.07) is 6.03. The molecular weight excluding hydrogens is 435 g/mol. The van der Waals surface area contributed by atoms with Crippen molar-refractivity contribution in [1.82, 2.24) is 14.4 Å². The summed E-state index contributed by atoms with van der Waals surface area (Å²) in [6.07, 6.45) is 7.20. The summed E-state index contributed by atoms with van der Waals surface area (Å²) in [4.78, 5) is 10.9. The summed E-state index contributed by atoms with van der Waals surface area (Å²) >= 11 is 12.6. The number of fused-ring (bicyclic) bond motifs is 1. The van der Waals surface area contributed by atoms with Crippen molar-refractivity contribution in [3.63, 3.8) is 0 Å². The lowest BCUT2D eigenvalue weighted by atomic mass is 9.73. The first-order valence-corrected chi connectivity index (χ1v) is 11.0. The molecule has 0 bridgehead atoms. The van der Waals surface area contributed by atoms with Crippen LogP contribution >= 0.6 is 23.2 Å². The van der Waals surface area contributed by atoms with E-state index in [2.05, 4.69) is 27.9 Å². The van der Waals surface area contributed by atoms with Crippen LogP contribution in [0.25, 0.3) is 16.8 Å². The molecule has 2 aliphatic rings. The molecule has 0 radical (unpaired) electrons. The Labute approximate surface area is 190 Å². The smallest absolute Gasteiger partial charge is 0.148 e. The molecule has 2 aliphatic heterocycles. The van der Waals surface area contributed by atoms with E-state index >= 15 is 0 Å². The number of nitriles is 1. The van der Waals surface area contributed by atoms with E-state index in [4.69, 9.17) is 33.7 Å². The zero-order valence-electron chi connectivity index (χ0n) is 17.1. The molecule has 0 saturated carbocycles. The SMILES string of the molecule is CC1OCC2(CCN(c3cc(C#N)c(-c4ccnc(Cl)c4Cl)c4nccn34)CC2)C1N. The van der Waals surface area contributed by atoms with Crippen LogP contribution in [-0.4, -0.2) is 46.2 Å². The molecule has 31 heavy (non-hydrogen) atoms. The first kappa shape index (κ1) is 20.5. The van der Waals surface area contributed by atoms with E-state index < -0.39 is 0 Å². The number of piperidine rings is 1. The fraction of sp³-hybridized carbons (Fsp3) is 0.409. The van der Waals surface area contributed by atoms with Gasteiger partial charge in [0, 0.05) is 54.3 Å². The van der Waals surface area contributed by atoms with Crippen LogP contribution in [-0.2, 0) is 4.74 Å². The fourth-order valence-corrected chi connectivity index (χ4v) is 5.29. The molecule has 5 heterocycles. The molecule has 2 N–H and O–H groups in total. The third kappa shape index (κ3) is 3.17. The van der Waals surface area contributed by atoms with E-state index in [1.54, 1.807) is 18.5 Å². The van der Waals surface area contributed by atoms with Crippen molar-refractivity contribution < 1.29 is 4.74 Å². The normalized spacial score (nSPS) is 22.9. The second-order valence-corrected chi connectivity index (χ2v) is 9.11. The van der Waals surface area contributed by atoms with Gasteiger partial charge in [-0.1, -0.05) is 23.2 Å². The number of imidazole rings is 1. The van der Waals surface area contributed by atoms with Gasteiger partial charge in [-0.25, -0.2) is 9.97 Å². The lowest BCUT2D eigenvalue weighted by Crippen LogP contribution is -2.50. The van der Waals surface area contributed by atoms with Crippen molar-refractivity contribution in [2.24, 2.45) is 11.1 Å². The molecule has 5 rings (SSSR count). The number of ether oxygens (including phenoxy) is 1. The van der Waals surface area contributed by atoms with Crippen molar-refractivity contribution in [2.45, 2.75) is 31.9 Å². The molecule has 0 aliphatic carbocycles. The molecule has 160 valence electrons. The minimum atomic E-state index is 0.0310. The van der Waals surface area contributed by atoms with Crippen LogP contribution < -0.4 is 10.6 Å². The number of halogens is 2. The van der Waals surface area contributed by atoms with E-state index in [1.165, 1.54) is 0 Å². The minimum Gasteiger partial charge on any atom is -0.376 e. The van der Waals surface area contributed by atoms with Gasteiger partial charge in [0.25, 0.3) is 0 Å². The number of nitrogens with two attached hydrogens (primary N) is 1. The molecule has 2 unspecified atom stereocenters. The van der Waals surface area contributed by atoms with Gasteiger partial charge < -0.3 is 15.4 Å². The van der Waals surface area contributed by atoms with Gasteiger partial charge >= 0.3 is 0 Å². The molecule has 0 amide bonds. The van der Waals surface area contributed by atoms with Gasteiger partial charge in [0.2, 0.25) is 0 Å². The fourth-order valence-electron chi connectivity index (χ4n) is 4.93. The number of rotatable bonds is 2. The summed E-state index contributed by atoms with van der Waals surface area (Å²) < 4.78 is 7.86. The maximum Gasteiger partial charge on any atom is 0.148 e. The number of hydrogen-bond donors (Lipinski definition) is 1. The van der Waals surface area contributed by atoms with E-state index in [0.29, 0.717) is 34.0 Å². The largest absolute Gasteiger partial charge is 0.376 e. The van der Waals surface area contributed by atoms with Crippen molar-refractivity contribution in [2.75, 3.05) is 24.6 Å². The highest BCUT2D eigenvalue weighted by atomic mass is 35.5. The molecular formula is C22H22Cl2N6O. The third-order valence-corrected chi connectivity index (χ3v) is 7.59. The molecule has 2 saturated heterocycles. The summed E-state index contributed by atoms with van der Waals surface area (Å²) in [5, 5.41) is 10.5. The maximum absolute atomic E-state index is 9.96. The summed E-state index contributed by atoms with van der Waals surface area (Å²) in [5.74, 6) is 0.930. The molecule has 7 nitrogen and oxygen atoms in total. The van der Waals surface area contributed by atoms with Gasteiger partial charge in [-0.3, -0.25) is 4.40 Å². The predicted molar refractivity (Wildman–Crippen MR) is 120 cm³/mol. The van der Waals surface area contributed by atoms with Crippen LogP contribution in [0.5, 0.6) is 0 Å². The Morgan fingerprint density at radius 2 is 2.03 bits per heavy atom. The highest BCUT2D eigenvalue weighted by Crippen LogP contribution is 2.43. The molecule has 1 spiro atoms. The third-order valence-electron chi connectivity index (χ3n) is 6.82. The van der Waals surface area contributed by atoms with Crippen molar-refractivity contribution in [3.05, 3.63) is 46.5 Å². The van der Waals surface area contributed by atoms with Crippen LogP contribution in [0.2, 0.25) is 10.2 Å². The molecule has 3 aromatic heterocycles. The monoisotopic (exact) mass is 456 g/mol. The number of hydrogen-bond acceptors (Lipinski definition) is 6. The maximum atomic E-state index is 9.96. The van der Waals surface area contributed by atoms with Crippen LogP contribution in [0.4, 0.5) is 5.82 Å². The zero-order valence-corrected chi connectivity index (χ0v) is 18.6. The Morgan fingerprint density at radius 3 is 2.71 bits per heavy atom. The number of anilines is 1. The molecule has 2 fully saturated rings. The van der Waals surface area contributed by atoms with E-state index in [1.807, 2.05) is 16.7 Å². The standard InChI is InChI=1S/C22H22Cl2N6O/c1-13-19(26)22(12-31-13)3-7-29(8-4-22)16-10-14(11-25)17(21-28-6-9-30(16)21)15-2-5-27-20(24)18(15)23/h2,5-6,9-10,13,19H,3-4,7-8,12,26H2,1H3. The van der Waals surface area contributed by atoms with Gasteiger partial charge in [-0.05, 0) is 31.9 Å². The van der Waals surface area contributed by atoms with E-state index in [9.17, 15) is 5.26 Å². The lowest BCUT2D eigenvalue weighted by Gasteiger charge is -2.42. The number of aromatic nitrogens is 3. The van der Waals surface area contributed by atoms with Gasteiger partial charge in [0.05, 0.1) is 23.3 Å². The predicted octanol–water partition coefficient (Wildman–Crippen LogP) is 3.91. The first-order chi connectivity index (χ1) is 14.9. The Bertz CT molecular complexity index is 1190. The van der Waals surface area contributed by atoms with Crippen LogP contribution in [0, 0.1) is 16.7 Å². The molecule has 3 aromatic rings. The van der Waals surface area contributed by atoms with Crippen molar-refractivity contribution >= 4 is 34.7 Å². The van der Waals surface area contributed by atoms with Crippen LogP contribution in [0.3, 0.4) is 0 Å². The van der Waals surface area contributed by atoms with E-state index in [-0.39, 0.29) is 22.7 Å². The highest BCUT2D eigenvalue weighted by Gasteiger charge is 2.47. The summed E-state index contributed by atoms with van der Waals surface area (Å²) in [6.45, 7) is 4.44. The molecule has 2 atom stereocenters. The number of nitrogens with zero attached hydrogens (tertiary/aromatic N) is 5. The minimum absolute atomic E-state index is 0.0310. The molecule has 9 heteroatoms. The van der Waals surface area contributed by atoms with Gasteiger partial charge in [-0.15, -0.1) is 0 Å². The van der Waals surface area contributed by atoms with E-state index in [0.717, 1.165) is 31.7 Å².